The Hall–Kier alpha value is -1.56. The maximum Gasteiger partial charge on any atom is 0.225 e. The Morgan fingerprint density at radius 2 is 2.10 bits per heavy atom. The lowest BCUT2D eigenvalue weighted by Crippen LogP contribution is -2.21. The molecular weight excluding hydrogens is 311 g/mol. The Morgan fingerprint density at radius 3 is 2.86 bits per heavy atom. The van der Waals surface area contributed by atoms with Gasteiger partial charge >= 0.3 is 0 Å². The van der Waals surface area contributed by atoms with Gasteiger partial charge in [0, 0.05) is 36.1 Å². The van der Waals surface area contributed by atoms with Gasteiger partial charge in [-0.2, -0.15) is 4.98 Å². The van der Waals surface area contributed by atoms with Gasteiger partial charge in [-0.15, -0.1) is 0 Å². The molecule has 0 fully saturated rings. The molecule has 3 aromatic rings. The summed E-state index contributed by atoms with van der Waals surface area (Å²) in [6.07, 6.45) is 0.658. The maximum absolute atomic E-state index is 8.97. The summed E-state index contributed by atoms with van der Waals surface area (Å²) in [5, 5.41) is 10.7. The molecule has 0 bridgehead atoms. The number of anilines is 1. The molecule has 0 saturated carbocycles. The van der Waals surface area contributed by atoms with Crippen LogP contribution in [-0.4, -0.2) is 40.3 Å². The van der Waals surface area contributed by atoms with Crippen molar-refractivity contribution in [1.29, 1.82) is 0 Å². The molecule has 0 radical (unpaired) electrons. The lowest BCUT2D eigenvalue weighted by atomic mass is 10.2. The third kappa shape index (κ3) is 2.64. The number of hydrogen-bond acceptors (Lipinski definition) is 4. The molecule has 0 aliphatic carbocycles. The highest BCUT2D eigenvalue weighted by Crippen LogP contribution is 2.31. The van der Waals surface area contributed by atoms with E-state index < -0.39 is 0 Å². The number of nitrogens with one attached hydrogen (secondary N) is 1. The molecule has 0 spiro atoms. The molecule has 0 atom stereocenters. The van der Waals surface area contributed by atoms with Crippen molar-refractivity contribution in [2.45, 2.75) is 6.42 Å². The van der Waals surface area contributed by atoms with Crippen LogP contribution in [0.4, 0.5) is 5.82 Å². The monoisotopic (exact) mass is 324 g/mol. The van der Waals surface area contributed by atoms with Gasteiger partial charge in [0.1, 0.15) is 11.0 Å². The van der Waals surface area contributed by atoms with Crippen molar-refractivity contribution in [3.05, 3.63) is 28.5 Å². The molecule has 2 heterocycles. The van der Waals surface area contributed by atoms with Crippen LogP contribution in [0.3, 0.4) is 0 Å². The number of benzene rings is 1. The number of H-pyrrole nitrogens is 1. The van der Waals surface area contributed by atoms with Gasteiger partial charge in [-0.05, 0) is 36.2 Å². The van der Waals surface area contributed by atoms with Crippen LogP contribution in [0.1, 0.15) is 6.42 Å². The highest BCUT2D eigenvalue weighted by Gasteiger charge is 2.15. The minimum absolute atomic E-state index is 0.134. The van der Waals surface area contributed by atoms with Crippen molar-refractivity contribution < 1.29 is 5.11 Å². The molecule has 21 heavy (non-hydrogen) atoms. The summed E-state index contributed by atoms with van der Waals surface area (Å²) < 4.78 is 0. The van der Waals surface area contributed by atoms with Crippen LogP contribution in [0.2, 0.25) is 10.3 Å². The molecule has 0 unspecified atom stereocenters. The molecule has 5 nitrogen and oxygen atoms in total. The molecule has 3 rings (SSSR count). The van der Waals surface area contributed by atoms with Gasteiger partial charge in [0.05, 0.1) is 0 Å². The first kappa shape index (κ1) is 14.4. The summed E-state index contributed by atoms with van der Waals surface area (Å²) >= 11 is 12.1. The average Bonchev–Trinajstić information content (AvgIpc) is 2.82. The van der Waals surface area contributed by atoms with E-state index in [0.717, 1.165) is 21.9 Å². The average molecular weight is 325 g/mol. The van der Waals surface area contributed by atoms with Crippen LogP contribution >= 0.6 is 23.2 Å². The van der Waals surface area contributed by atoms with Crippen LogP contribution in [0.15, 0.2) is 18.2 Å². The fourth-order valence-corrected chi connectivity index (χ4v) is 2.72. The molecule has 0 aliphatic rings. The van der Waals surface area contributed by atoms with E-state index in [0.29, 0.717) is 23.8 Å². The first-order valence-corrected chi connectivity index (χ1v) is 7.32. The third-order valence-electron chi connectivity index (χ3n) is 3.37. The van der Waals surface area contributed by atoms with E-state index in [9.17, 15) is 0 Å². The molecule has 0 aliphatic heterocycles. The number of halogens is 2. The van der Waals surface area contributed by atoms with E-state index in [1.54, 1.807) is 0 Å². The number of aromatic nitrogens is 3. The third-order valence-corrected chi connectivity index (χ3v) is 3.78. The molecule has 110 valence electrons. The number of aromatic amines is 1. The number of aliphatic hydroxyl groups excluding tert-OH is 1. The molecule has 2 aromatic heterocycles. The molecule has 0 saturated heterocycles. The van der Waals surface area contributed by atoms with Gasteiger partial charge in [-0.1, -0.05) is 11.6 Å². The van der Waals surface area contributed by atoms with Gasteiger partial charge in [0.15, 0.2) is 5.82 Å². The van der Waals surface area contributed by atoms with Crippen LogP contribution in [0.5, 0.6) is 0 Å². The van der Waals surface area contributed by atoms with E-state index in [-0.39, 0.29) is 11.9 Å². The number of fused-ring (bicyclic) bond motifs is 3. The number of aliphatic hydroxyl groups is 1. The van der Waals surface area contributed by atoms with Crippen molar-refractivity contribution in [3.63, 3.8) is 0 Å². The van der Waals surface area contributed by atoms with Gasteiger partial charge in [0.25, 0.3) is 0 Å². The SMILES string of the molecule is CN(CCCO)c1nc(Cl)nc2c1[nH]c1ccc(Cl)cc12. The second kappa shape index (κ2) is 5.67. The second-order valence-electron chi connectivity index (χ2n) is 4.85. The van der Waals surface area contributed by atoms with Gasteiger partial charge in [-0.3, -0.25) is 0 Å². The van der Waals surface area contributed by atoms with E-state index in [2.05, 4.69) is 15.0 Å². The lowest BCUT2D eigenvalue weighted by molar-refractivity contribution is 0.290. The largest absolute Gasteiger partial charge is 0.396 e. The zero-order chi connectivity index (χ0) is 15.0. The summed E-state index contributed by atoms with van der Waals surface area (Å²) in [6.45, 7) is 0.809. The zero-order valence-electron chi connectivity index (χ0n) is 11.4. The van der Waals surface area contributed by atoms with Gasteiger partial charge in [-0.25, -0.2) is 4.98 Å². The highest BCUT2D eigenvalue weighted by atomic mass is 35.5. The van der Waals surface area contributed by atoms with Crippen molar-refractivity contribution in [1.82, 2.24) is 15.0 Å². The maximum atomic E-state index is 8.97. The summed E-state index contributed by atoms with van der Waals surface area (Å²) in [5.41, 5.74) is 2.50. The van der Waals surface area contributed by atoms with Crippen molar-refractivity contribution in [2.75, 3.05) is 25.1 Å². The predicted molar refractivity (Wildman–Crippen MR) is 86.4 cm³/mol. The van der Waals surface area contributed by atoms with Crippen LogP contribution < -0.4 is 4.90 Å². The smallest absolute Gasteiger partial charge is 0.225 e. The lowest BCUT2D eigenvalue weighted by Gasteiger charge is -2.18. The first-order valence-electron chi connectivity index (χ1n) is 6.56. The molecule has 2 N–H and O–H groups in total. The fourth-order valence-electron chi connectivity index (χ4n) is 2.38. The normalized spacial score (nSPS) is 11.4. The van der Waals surface area contributed by atoms with E-state index in [1.165, 1.54) is 0 Å². The first-order chi connectivity index (χ1) is 10.1. The van der Waals surface area contributed by atoms with E-state index >= 15 is 0 Å². The van der Waals surface area contributed by atoms with E-state index in [1.807, 2.05) is 30.1 Å². The Labute approximate surface area is 131 Å². The van der Waals surface area contributed by atoms with Gasteiger partial charge < -0.3 is 15.0 Å². The van der Waals surface area contributed by atoms with Crippen molar-refractivity contribution >= 4 is 51.0 Å². The molecule has 1 aromatic carbocycles. The summed E-state index contributed by atoms with van der Waals surface area (Å²) in [7, 11) is 1.91. The van der Waals surface area contributed by atoms with Gasteiger partial charge in [0.2, 0.25) is 5.28 Å². The minimum Gasteiger partial charge on any atom is -0.396 e. The number of nitrogens with zero attached hydrogens (tertiary/aromatic N) is 3. The molecule has 0 amide bonds. The summed E-state index contributed by atoms with van der Waals surface area (Å²) in [5.74, 6) is 0.714. The molecule has 7 heteroatoms. The van der Waals surface area contributed by atoms with Crippen LogP contribution in [0.25, 0.3) is 21.9 Å². The van der Waals surface area contributed by atoms with Crippen molar-refractivity contribution in [3.8, 4) is 0 Å². The van der Waals surface area contributed by atoms with Crippen LogP contribution in [0, 0.1) is 0 Å². The standard InChI is InChI=1S/C14H14Cl2N4O/c1-20(5-2-6-21)13-12-11(18-14(16)19-13)9-7-8(15)3-4-10(9)17-12/h3-4,7,17,21H,2,5-6H2,1H3. The van der Waals surface area contributed by atoms with E-state index in [4.69, 9.17) is 28.3 Å². The topological polar surface area (TPSA) is 65.0 Å². The number of hydrogen-bond donors (Lipinski definition) is 2. The predicted octanol–water partition coefficient (Wildman–Crippen LogP) is 3.24. The fraction of sp³-hybridized carbons (Fsp3) is 0.286. The minimum atomic E-state index is 0.134. The Bertz CT molecular complexity index is 802. The quantitative estimate of drug-likeness (QED) is 0.723. The Morgan fingerprint density at radius 1 is 1.29 bits per heavy atom. The summed E-state index contributed by atoms with van der Waals surface area (Å²) in [6, 6.07) is 5.59. The Balaban J connectivity index is 2.22. The summed E-state index contributed by atoms with van der Waals surface area (Å²) in [4.78, 5) is 13.9. The molecular formula is C14H14Cl2N4O. The Kier molecular flexibility index (Phi) is 3.89. The second-order valence-corrected chi connectivity index (χ2v) is 5.63. The number of rotatable bonds is 4. The highest BCUT2D eigenvalue weighted by molar-refractivity contribution is 6.32. The zero-order valence-corrected chi connectivity index (χ0v) is 12.9. The van der Waals surface area contributed by atoms with Crippen LogP contribution in [-0.2, 0) is 0 Å². The van der Waals surface area contributed by atoms with Crippen molar-refractivity contribution in [2.24, 2.45) is 0 Å².